The van der Waals surface area contributed by atoms with Crippen LogP contribution >= 0.6 is 30.0 Å². The van der Waals surface area contributed by atoms with E-state index >= 15 is 0 Å². The minimum Gasteiger partial charge on any atom is -0.304 e. The van der Waals surface area contributed by atoms with E-state index in [-0.39, 0.29) is 0 Å². The molecule has 0 aliphatic heterocycles. The van der Waals surface area contributed by atoms with Crippen molar-refractivity contribution in [1.82, 2.24) is 9.97 Å². The molecule has 4 nitrogen and oxygen atoms in total. The Morgan fingerprint density at radius 3 is 2.52 bits per heavy atom. The number of rotatable bonds is 4. The second-order valence-electron chi connectivity index (χ2n) is 4.86. The minimum atomic E-state index is -3.08. The van der Waals surface area contributed by atoms with Crippen LogP contribution < -0.4 is 15.1 Å². The summed E-state index contributed by atoms with van der Waals surface area (Å²) in [5.41, 5.74) is 0.865. The molecule has 0 unspecified atom stereocenters. The van der Waals surface area contributed by atoms with Gasteiger partial charge in [-0.1, -0.05) is 30.3 Å². The van der Waals surface area contributed by atoms with Crippen LogP contribution in [-0.2, 0) is 4.57 Å². The Morgan fingerprint density at radius 2 is 1.78 bits per heavy atom. The van der Waals surface area contributed by atoms with Crippen LogP contribution in [0.2, 0.25) is 0 Å². The first-order valence-electron chi connectivity index (χ1n) is 6.95. The summed E-state index contributed by atoms with van der Waals surface area (Å²) >= 11 is 2.89. The van der Waals surface area contributed by atoms with Gasteiger partial charge in [-0.15, -0.1) is 22.7 Å². The number of hydrogen-bond acceptors (Lipinski definition) is 5. The molecule has 2 heterocycles. The first kappa shape index (κ1) is 14.6. The second-order valence-corrected chi connectivity index (χ2v) is 9.47. The first-order valence-corrected chi connectivity index (χ1v) is 10.4. The van der Waals surface area contributed by atoms with Crippen molar-refractivity contribution in [3.8, 4) is 0 Å². The van der Waals surface area contributed by atoms with E-state index in [2.05, 4.69) is 15.1 Å². The fraction of sp³-hybridized carbons (Fsp3) is 0. The lowest BCUT2D eigenvalue weighted by Crippen LogP contribution is -2.21. The SMILES string of the molecule is O=[P@@](Nc1nccs1)(c1ccccc1)c1nc2ccccc2s1. The Labute approximate surface area is 141 Å². The van der Waals surface area contributed by atoms with Crippen LogP contribution in [0.25, 0.3) is 10.2 Å². The number of thiazole rings is 2. The Bertz CT molecular complexity index is 950. The van der Waals surface area contributed by atoms with E-state index < -0.39 is 7.29 Å². The molecule has 0 amide bonds. The first-order chi connectivity index (χ1) is 11.3. The molecular weight excluding hydrogens is 345 g/mol. The zero-order valence-corrected chi connectivity index (χ0v) is 14.4. The van der Waals surface area contributed by atoms with Gasteiger partial charge in [0.1, 0.15) is 0 Å². The molecule has 0 bridgehead atoms. The molecule has 0 aliphatic carbocycles. The molecule has 0 aliphatic rings. The van der Waals surface area contributed by atoms with Gasteiger partial charge in [-0.3, -0.25) is 4.57 Å². The predicted molar refractivity (Wildman–Crippen MR) is 98.7 cm³/mol. The quantitative estimate of drug-likeness (QED) is 0.559. The standard InChI is InChI=1S/C16H12N3OPS2/c20-21(12-6-2-1-3-7-12,19-15-17-10-11-22-15)16-18-13-8-4-5-9-14(13)23-16/h1-11H,(H,17,19,20)/t21-/m0/s1. The zero-order valence-electron chi connectivity index (χ0n) is 11.9. The van der Waals surface area contributed by atoms with E-state index in [1.165, 1.54) is 22.7 Å². The van der Waals surface area contributed by atoms with Crippen molar-refractivity contribution in [1.29, 1.82) is 0 Å². The van der Waals surface area contributed by atoms with Gasteiger partial charge < -0.3 is 5.09 Å². The monoisotopic (exact) mass is 357 g/mol. The maximum Gasteiger partial charge on any atom is 0.256 e. The molecule has 7 heteroatoms. The molecule has 0 fully saturated rings. The van der Waals surface area contributed by atoms with E-state index in [9.17, 15) is 4.57 Å². The Morgan fingerprint density at radius 1 is 1.00 bits per heavy atom. The summed E-state index contributed by atoms with van der Waals surface area (Å²) in [6, 6.07) is 17.3. The van der Waals surface area contributed by atoms with Crippen molar-refractivity contribution in [2.45, 2.75) is 0 Å². The lowest BCUT2D eigenvalue weighted by molar-refractivity contribution is 0.590. The smallest absolute Gasteiger partial charge is 0.256 e. The van der Waals surface area contributed by atoms with E-state index in [1.54, 1.807) is 6.20 Å². The molecule has 1 atom stereocenters. The van der Waals surface area contributed by atoms with E-state index in [0.717, 1.165) is 15.5 Å². The van der Waals surface area contributed by atoms with E-state index in [1.807, 2.05) is 60.0 Å². The van der Waals surface area contributed by atoms with Gasteiger partial charge in [-0.05, 0) is 24.3 Å². The molecular formula is C16H12N3OPS2. The molecule has 4 aromatic rings. The average Bonchev–Trinajstić information content (AvgIpc) is 3.24. The Kier molecular flexibility index (Phi) is 3.73. The molecule has 0 saturated heterocycles. The normalized spacial score (nSPS) is 13.7. The fourth-order valence-electron chi connectivity index (χ4n) is 2.27. The molecule has 2 aromatic heterocycles. The average molecular weight is 357 g/mol. The Hall–Kier alpha value is -2.01. The highest BCUT2D eigenvalue weighted by atomic mass is 32.1. The van der Waals surface area contributed by atoms with Gasteiger partial charge >= 0.3 is 0 Å². The van der Waals surface area contributed by atoms with Crippen LogP contribution in [0.3, 0.4) is 0 Å². The summed E-state index contributed by atoms with van der Waals surface area (Å²) in [5.74, 6) is 0. The minimum absolute atomic E-state index is 0.597. The second kappa shape index (κ2) is 5.89. The van der Waals surface area contributed by atoms with Gasteiger partial charge in [-0.25, -0.2) is 9.97 Å². The third-order valence-electron chi connectivity index (χ3n) is 3.36. The summed E-state index contributed by atoms with van der Waals surface area (Å²) in [4.78, 5) is 8.83. The Balaban J connectivity index is 1.89. The molecule has 0 radical (unpaired) electrons. The lowest BCUT2D eigenvalue weighted by atomic mass is 10.3. The summed E-state index contributed by atoms with van der Waals surface area (Å²) < 4.78 is 15.5. The molecule has 1 N–H and O–H groups in total. The summed E-state index contributed by atoms with van der Waals surface area (Å²) in [6.07, 6.45) is 1.70. The number of fused-ring (bicyclic) bond motifs is 1. The van der Waals surface area contributed by atoms with Crippen LogP contribution in [0.5, 0.6) is 0 Å². The summed E-state index contributed by atoms with van der Waals surface area (Å²) in [5, 5.41) is 6.36. The highest BCUT2D eigenvalue weighted by molar-refractivity contribution is 7.84. The number of para-hydroxylation sites is 1. The third-order valence-corrected chi connectivity index (χ3v) is 8.27. The van der Waals surface area contributed by atoms with Crippen LogP contribution in [0.1, 0.15) is 0 Å². The molecule has 2 aromatic carbocycles. The van der Waals surface area contributed by atoms with Gasteiger partial charge in [0.05, 0.1) is 10.2 Å². The van der Waals surface area contributed by atoms with Crippen molar-refractivity contribution < 1.29 is 4.57 Å². The van der Waals surface area contributed by atoms with Gasteiger partial charge in [0.2, 0.25) is 0 Å². The number of nitrogens with zero attached hydrogens (tertiary/aromatic N) is 2. The van der Waals surface area contributed by atoms with Crippen molar-refractivity contribution in [2.24, 2.45) is 0 Å². The molecule has 114 valence electrons. The van der Waals surface area contributed by atoms with Gasteiger partial charge in [0.25, 0.3) is 7.29 Å². The van der Waals surface area contributed by atoms with Crippen molar-refractivity contribution in [3.63, 3.8) is 0 Å². The molecule has 0 spiro atoms. The molecule has 0 saturated carbocycles. The number of nitrogens with one attached hydrogen (secondary N) is 1. The topological polar surface area (TPSA) is 54.9 Å². The molecule has 23 heavy (non-hydrogen) atoms. The van der Waals surface area contributed by atoms with Crippen LogP contribution in [0, 0.1) is 0 Å². The van der Waals surface area contributed by atoms with Gasteiger partial charge in [-0.2, -0.15) is 0 Å². The van der Waals surface area contributed by atoms with Crippen molar-refractivity contribution in [2.75, 3.05) is 5.09 Å². The molecule has 4 rings (SSSR count). The van der Waals surface area contributed by atoms with Crippen LogP contribution in [-0.4, -0.2) is 9.97 Å². The van der Waals surface area contributed by atoms with Crippen LogP contribution in [0.4, 0.5) is 5.13 Å². The van der Waals surface area contributed by atoms with Gasteiger partial charge in [0, 0.05) is 16.9 Å². The largest absolute Gasteiger partial charge is 0.304 e. The highest BCUT2D eigenvalue weighted by Gasteiger charge is 2.32. The summed E-state index contributed by atoms with van der Waals surface area (Å²) in [7, 11) is -3.08. The number of benzene rings is 2. The van der Waals surface area contributed by atoms with Crippen LogP contribution in [0.15, 0.2) is 66.2 Å². The summed E-state index contributed by atoms with van der Waals surface area (Å²) in [6.45, 7) is 0. The lowest BCUT2D eigenvalue weighted by Gasteiger charge is -2.16. The maximum absolute atomic E-state index is 13.9. The van der Waals surface area contributed by atoms with Crippen molar-refractivity contribution >= 4 is 55.4 Å². The number of anilines is 1. The van der Waals surface area contributed by atoms with E-state index in [4.69, 9.17) is 0 Å². The number of hydrogen-bond donors (Lipinski definition) is 1. The zero-order chi connectivity index (χ0) is 15.7. The highest BCUT2D eigenvalue weighted by Crippen LogP contribution is 2.45. The van der Waals surface area contributed by atoms with E-state index in [0.29, 0.717) is 9.88 Å². The fourth-order valence-corrected chi connectivity index (χ4v) is 6.82. The van der Waals surface area contributed by atoms with Crippen molar-refractivity contribution in [3.05, 3.63) is 66.2 Å². The number of aromatic nitrogens is 2. The predicted octanol–water partition coefficient (Wildman–Crippen LogP) is 4.09. The maximum atomic E-state index is 13.9. The third kappa shape index (κ3) is 2.70. The van der Waals surface area contributed by atoms with Gasteiger partial charge in [0.15, 0.2) is 9.88 Å².